The predicted octanol–water partition coefficient (Wildman–Crippen LogP) is 17.6. The van der Waals surface area contributed by atoms with E-state index in [2.05, 4.69) is 55.6 Å². The number of hydrogen-bond acceptors (Lipinski definition) is 5. The summed E-state index contributed by atoms with van der Waals surface area (Å²) in [6, 6.07) is -0.550. The molecule has 382 valence electrons. The Hall–Kier alpha value is -1.92. The van der Waals surface area contributed by atoms with Gasteiger partial charge in [0.15, 0.2) is 0 Å². The van der Waals surface area contributed by atoms with Crippen LogP contribution < -0.4 is 5.32 Å². The highest BCUT2D eigenvalue weighted by Crippen LogP contribution is 2.17. The van der Waals surface area contributed by atoms with E-state index in [4.69, 9.17) is 4.74 Å². The Morgan fingerprint density at radius 1 is 0.431 bits per heavy atom. The van der Waals surface area contributed by atoms with Crippen LogP contribution in [0, 0.1) is 0 Å². The number of ether oxygens (including phenoxy) is 1. The molecule has 0 saturated heterocycles. The summed E-state index contributed by atoms with van der Waals surface area (Å²) in [5.41, 5.74) is 0. The van der Waals surface area contributed by atoms with Crippen LogP contribution in [0.15, 0.2) is 36.5 Å². The molecule has 0 aromatic heterocycles. The summed E-state index contributed by atoms with van der Waals surface area (Å²) in [5.74, 6) is -0.0673. The van der Waals surface area contributed by atoms with Gasteiger partial charge in [-0.2, -0.15) is 0 Å². The molecule has 0 aromatic rings. The lowest BCUT2D eigenvalue weighted by molar-refractivity contribution is -0.143. The highest BCUT2D eigenvalue weighted by atomic mass is 16.5. The number of aliphatic hydroxyl groups is 2. The van der Waals surface area contributed by atoms with Crippen LogP contribution in [0.2, 0.25) is 0 Å². The molecule has 3 N–H and O–H groups in total. The fraction of sp³-hybridized carbons (Fsp3) is 0.864. The zero-order valence-corrected chi connectivity index (χ0v) is 43.5. The summed E-state index contributed by atoms with van der Waals surface area (Å²) in [5, 5.41) is 23.3. The molecule has 2 atom stereocenters. The van der Waals surface area contributed by atoms with E-state index in [-0.39, 0.29) is 18.5 Å². The van der Waals surface area contributed by atoms with Crippen LogP contribution in [0.4, 0.5) is 0 Å². The molecule has 0 saturated carbocycles. The van der Waals surface area contributed by atoms with Crippen molar-refractivity contribution in [2.24, 2.45) is 0 Å². The molecule has 1 amide bonds. The van der Waals surface area contributed by atoms with Crippen molar-refractivity contribution >= 4 is 11.9 Å². The third kappa shape index (κ3) is 51.3. The van der Waals surface area contributed by atoms with Crippen molar-refractivity contribution in [3.8, 4) is 0 Å². The van der Waals surface area contributed by atoms with E-state index < -0.39 is 12.1 Å². The number of allylic oxidation sites excluding steroid dienone is 6. The van der Waals surface area contributed by atoms with Crippen molar-refractivity contribution in [3.05, 3.63) is 36.5 Å². The standard InChI is InChI=1S/C59H111NO5/c1-3-5-7-9-11-13-15-17-18-22-25-28-31-35-39-43-47-51-57(62)56(55-61)60-58(63)52-48-44-40-36-32-29-26-23-20-19-21-24-27-30-34-38-42-46-50-54-65-59(64)53-49-45-41-37-33-16-14-12-10-8-6-4-2/h12,14,24,27,30,34,56-57,61-62H,3-11,13,15-23,25-26,28-29,31-33,35-55H2,1-2H3,(H,60,63)/b14-12-,27-24-,34-30-. The number of aliphatic hydroxyl groups excluding tert-OH is 2. The summed E-state index contributed by atoms with van der Waals surface area (Å²) < 4.78 is 5.43. The summed E-state index contributed by atoms with van der Waals surface area (Å²) >= 11 is 0. The minimum atomic E-state index is -0.672. The van der Waals surface area contributed by atoms with Gasteiger partial charge in [0.25, 0.3) is 0 Å². The van der Waals surface area contributed by atoms with Gasteiger partial charge in [-0.25, -0.2) is 0 Å². The van der Waals surface area contributed by atoms with Gasteiger partial charge in [0.1, 0.15) is 0 Å². The largest absolute Gasteiger partial charge is 0.466 e. The fourth-order valence-electron chi connectivity index (χ4n) is 8.74. The highest BCUT2D eigenvalue weighted by Gasteiger charge is 2.20. The normalized spacial score (nSPS) is 12.9. The maximum Gasteiger partial charge on any atom is 0.305 e. The van der Waals surface area contributed by atoms with Crippen LogP contribution in [0.3, 0.4) is 0 Å². The number of carbonyl (C=O) groups is 2. The highest BCUT2D eigenvalue weighted by molar-refractivity contribution is 5.76. The first-order valence-corrected chi connectivity index (χ1v) is 28.8. The van der Waals surface area contributed by atoms with Gasteiger partial charge in [0.05, 0.1) is 25.4 Å². The van der Waals surface area contributed by atoms with Crippen molar-refractivity contribution in [2.75, 3.05) is 13.2 Å². The van der Waals surface area contributed by atoms with Crippen LogP contribution in [0.5, 0.6) is 0 Å². The predicted molar refractivity (Wildman–Crippen MR) is 283 cm³/mol. The maximum atomic E-state index is 12.5. The Bertz CT molecular complexity index is 1060. The molecule has 2 unspecified atom stereocenters. The van der Waals surface area contributed by atoms with Crippen molar-refractivity contribution in [1.82, 2.24) is 5.32 Å². The van der Waals surface area contributed by atoms with E-state index in [1.54, 1.807) is 0 Å². The lowest BCUT2D eigenvalue weighted by Crippen LogP contribution is -2.45. The molecule has 6 heteroatoms. The summed E-state index contributed by atoms with van der Waals surface area (Å²) in [6.45, 7) is 4.89. The number of esters is 1. The molecule has 0 aliphatic heterocycles. The van der Waals surface area contributed by atoms with Crippen molar-refractivity contribution in [1.29, 1.82) is 0 Å². The molecule has 0 heterocycles. The summed E-state index contributed by atoms with van der Waals surface area (Å²) in [7, 11) is 0. The van der Waals surface area contributed by atoms with Crippen LogP contribution >= 0.6 is 0 Å². The molecule has 0 fully saturated rings. The SMILES string of the molecule is CCCCC/C=C\CCCCCCCC(=O)OCCCCC/C=C\C=C/CCCCCCCCCCCCC(=O)NC(CO)C(O)CCCCCCCCCCCCCCCCCCC. The third-order valence-corrected chi connectivity index (χ3v) is 13.2. The van der Waals surface area contributed by atoms with Crippen LogP contribution in [0.1, 0.15) is 303 Å². The number of unbranched alkanes of at least 4 members (excludes halogenated alkanes) is 37. The van der Waals surface area contributed by atoms with Crippen molar-refractivity contribution in [2.45, 2.75) is 315 Å². The second-order valence-electron chi connectivity index (χ2n) is 19.6. The smallest absolute Gasteiger partial charge is 0.305 e. The van der Waals surface area contributed by atoms with Crippen LogP contribution in [-0.4, -0.2) is 47.4 Å². The lowest BCUT2D eigenvalue weighted by atomic mass is 10.0. The van der Waals surface area contributed by atoms with Gasteiger partial charge in [-0.05, 0) is 83.5 Å². The lowest BCUT2D eigenvalue weighted by Gasteiger charge is -2.22. The van der Waals surface area contributed by atoms with Gasteiger partial charge in [-0.3, -0.25) is 9.59 Å². The molecule has 0 spiro atoms. The number of rotatable bonds is 53. The van der Waals surface area contributed by atoms with Crippen LogP contribution in [-0.2, 0) is 14.3 Å². The molecule has 0 radical (unpaired) electrons. The van der Waals surface area contributed by atoms with E-state index >= 15 is 0 Å². The fourth-order valence-corrected chi connectivity index (χ4v) is 8.74. The Labute approximate surface area is 404 Å². The zero-order valence-electron chi connectivity index (χ0n) is 43.5. The van der Waals surface area contributed by atoms with E-state index in [9.17, 15) is 19.8 Å². The molecule has 6 nitrogen and oxygen atoms in total. The number of nitrogens with one attached hydrogen (secondary N) is 1. The van der Waals surface area contributed by atoms with E-state index in [1.165, 1.54) is 199 Å². The zero-order chi connectivity index (χ0) is 47.2. The molecular formula is C59H111NO5. The van der Waals surface area contributed by atoms with Gasteiger partial charge in [0, 0.05) is 12.8 Å². The Balaban J connectivity index is 3.49. The molecule has 0 aliphatic carbocycles. The number of carbonyl (C=O) groups excluding carboxylic acids is 2. The average molecular weight is 915 g/mol. The number of hydrogen-bond donors (Lipinski definition) is 3. The van der Waals surface area contributed by atoms with Gasteiger partial charge in [0.2, 0.25) is 5.91 Å². The first kappa shape index (κ1) is 63.1. The Morgan fingerprint density at radius 2 is 0.769 bits per heavy atom. The molecule has 0 bridgehead atoms. The van der Waals surface area contributed by atoms with Gasteiger partial charge >= 0.3 is 5.97 Å². The number of amides is 1. The van der Waals surface area contributed by atoms with Crippen molar-refractivity contribution < 1.29 is 24.5 Å². The van der Waals surface area contributed by atoms with E-state index in [1.807, 2.05) is 0 Å². The second-order valence-corrected chi connectivity index (χ2v) is 19.6. The molecule has 0 aromatic carbocycles. The Kier molecular flexibility index (Phi) is 53.1. The van der Waals surface area contributed by atoms with E-state index in [0.717, 1.165) is 70.6 Å². The van der Waals surface area contributed by atoms with Crippen LogP contribution in [0.25, 0.3) is 0 Å². The minimum Gasteiger partial charge on any atom is -0.466 e. The van der Waals surface area contributed by atoms with Gasteiger partial charge in [-0.1, -0.05) is 243 Å². The molecule has 0 rings (SSSR count). The summed E-state index contributed by atoms with van der Waals surface area (Å²) in [6.07, 6.45) is 67.0. The minimum absolute atomic E-state index is 0.0235. The summed E-state index contributed by atoms with van der Waals surface area (Å²) in [4.78, 5) is 24.5. The average Bonchev–Trinajstić information content (AvgIpc) is 3.31. The first-order valence-electron chi connectivity index (χ1n) is 28.8. The quantitative estimate of drug-likeness (QED) is 0.0244. The van der Waals surface area contributed by atoms with E-state index in [0.29, 0.717) is 25.9 Å². The molecule has 0 aliphatic rings. The monoisotopic (exact) mass is 914 g/mol. The van der Waals surface area contributed by atoms with Crippen molar-refractivity contribution in [3.63, 3.8) is 0 Å². The third-order valence-electron chi connectivity index (χ3n) is 13.2. The van der Waals surface area contributed by atoms with Gasteiger partial charge < -0.3 is 20.3 Å². The first-order chi connectivity index (χ1) is 32.0. The second kappa shape index (κ2) is 54.7. The van der Waals surface area contributed by atoms with Gasteiger partial charge in [-0.15, -0.1) is 0 Å². The molecular weight excluding hydrogens is 803 g/mol. The molecule has 65 heavy (non-hydrogen) atoms. The maximum absolute atomic E-state index is 12.5. The topological polar surface area (TPSA) is 95.9 Å². The Morgan fingerprint density at radius 3 is 1.22 bits per heavy atom.